The smallest absolute Gasteiger partial charge is 0.336 e. The Morgan fingerprint density at radius 3 is 2.74 bits per heavy atom. The van der Waals surface area contributed by atoms with Crippen molar-refractivity contribution in [2.24, 2.45) is 0 Å². The number of ether oxygens (including phenoxy) is 1. The Hall–Kier alpha value is -2.34. The molecule has 1 aromatic heterocycles. The van der Waals surface area contributed by atoms with Crippen LogP contribution in [0.4, 0.5) is 0 Å². The van der Waals surface area contributed by atoms with Crippen LogP contribution in [0.2, 0.25) is 0 Å². The Balaban J connectivity index is 2.22. The molecule has 0 fully saturated rings. The van der Waals surface area contributed by atoms with Crippen LogP contribution >= 0.6 is 0 Å². The number of amides is 1. The number of hydrogen-bond donors (Lipinski definition) is 2. The summed E-state index contributed by atoms with van der Waals surface area (Å²) >= 11 is 0. The van der Waals surface area contributed by atoms with Crippen molar-refractivity contribution in [3.63, 3.8) is 0 Å². The third kappa shape index (κ3) is 4.56. The number of methoxy groups -OCH3 is 1. The van der Waals surface area contributed by atoms with Gasteiger partial charge in [-0.15, -0.1) is 0 Å². The van der Waals surface area contributed by atoms with Crippen LogP contribution in [0.3, 0.4) is 0 Å². The molecule has 1 aromatic carbocycles. The number of likely N-dealkylation sites (N-methyl/N-ethyl adjacent to an activating group) is 1. The molecule has 0 aliphatic carbocycles. The highest BCUT2D eigenvalue weighted by molar-refractivity contribution is 5.81. The molecular formula is C17H23N2O4+. The predicted molar refractivity (Wildman–Crippen MR) is 87.8 cm³/mol. The van der Waals surface area contributed by atoms with Gasteiger partial charge in [0, 0.05) is 29.1 Å². The lowest BCUT2D eigenvalue weighted by atomic mass is 10.1. The zero-order valence-corrected chi connectivity index (χ0v) is 13.9. The largest absolute Gasteiger partial charge is 0.497 e. The standard InChI is InChI=1S/C17H22N2O4/c1-11(2)18-16(20)10-19(3)9-12-7-17(21)23-15-8-13(22-4)5-6-14(12)15/h5-8,11H,9-10H2,1-4H3,(H,18,20)/p+1. The fraction of sp³-hybridized carbons (Fsp3) is 0.412. The Morgan fingerprint density at radius 1 is 1.35 bits per heavy atom. The minimum atomic E-state index is -0.403. The van der Waals surface area contributed by atoms with Crippen molar-refractivity contribution < 1.29 is 18.8 Å². The maximum Gasteiger partial charge on any atom is 0.336 e. The second kappa shape index (κ2) is 7.28. The number of nitrogens with one attached hydrogen (secondary N) is 2. The average molecular weight is 319 g/mol. The SMILES string of the molecule is COc1ccc2c(C[NH+](C)CC(=O)NC(C)C)cc(=O)oc2c1. The minimum absolute atomic E-state index is 0.00793. The molecule has 0 aliphatic heterocycles. The summed E-state index contributed by atoms with van der Waals surface area (Å²) < 4.78 is 10.4. The summed E-state index contributed by atoms with van der Waals surface area (Å²) in [4.78, 5) is 24.6. The number of benzene rings is 1. The van der Waals surface area contributed by atoms with Crippen molar-refractivity contribution in [3.05, 3.63) is 40.2 Å². The summed E-state index contributed by atoms with van der Waals surface area (Å²) in [7, 11) is 3.48. The molecule has 0 saturated heterocycles. The highest BCUT2D eigenvalue weighted by Crippen LogP contribution is 2.21. The van der Waals surface area contributed by atoms with E-state index in [0.29, 0.717) is 24.4 Å². The van der Waals surface area contributed by atoms with Gasteiger partial charge in [-0.3, -0.25) is 4.79 Å². The lowest BCUT2D eigenvalue weighted by Gasteiger charge is -2.16. The van der Waals surface area contributed by atoms with Gasteiger partial charge in [0.25, 0.3) is 5.91 Å². The molecule has 2 rings (SSSR count). The van der Waals surface area contributed by atoms with E-state index in [1.807, 2.05) is 33.0 Å². The highest BCUT2D eigenvalue weighted by atomic mass is 16.5. The van der Waals surface area contributed by atoms with Crippen LogP contribution in [0.5, 0.6) is 5.75 Å². The molecule has 124 valence electrons. The predicted octanol–water partition coefficient (Wildman–Crippen LogP) is 0.341. The fourth-order valence-corrected chi connectivity index (χ4v) is 2.52. The van der Waals surface area contributed by atoms with Crippen molar-refractivity contribution in [2.45, 2.75) is 26.4 Å². The van der Waals surface area contributed by atoms with Gasteiger partial charge in [0.2, 0.25) is 0 Å². The van der Waals surface area contributed by atoms with E-state index in [4.69, 9.17) is 9.15 Å². The summed E-state index contributed by atoms with van der Waals surface area (Å²) in [5, 5.41) is 3.72. The van der Waals surface area contributed by atoms with Gasteiger partial charge in [-0.25, -0.2) is 4.79 Å². The molecule has 1 heterocycles. The summed E-state index contributed by atoms with van der Waals surface area (Å²) in [6.07, 6.45) is 0. The topological polar surface area (TPSA) is 73.0 Å². The first-order valence-corrected chi connectivity index (χ1v) is 7.60. The van der Waals surface area contributed by atoms with Crippen LogP contribution in [-0.4, -0.2) is 32.7 Å². The quantitative estimate of drug-likeness (QED) is 0.753. The van der Waals surface area contributed by atoms with E-state index in [0.717, 1.165) is 15.8 Å². The second-order valence-electron chi connectivity index (χ2n) is 5.99. The zero-order chi connectivity index (χ0) is 17.0. The molecule has 1 unspecified atom stereocenters. The Morgan fingerprint density at radius 2 is 2.09 bits per heavy atom. The van der Waals surface area contributed by atoms with Gasteiger partial charge in [0.05, 0.1) is 14.2 Å². The monoisotopic (exact) mass is 319 g/mol. The number of rotatable bonds is 6. The normalized spacial score (nSPS) is 12.4. The van der Waals surface area contributed by atoms with E-state index >= 15 is 0 Å². The van der Waals surface area contributed by atoms with Gasteiger partial charge in [0.15, 0.2) is 6.54 Å². The molecule has 1 atom stereocenters. The summed E-state index contributed by atoms with van der Waals surface area (Å²) in [5.74, 6) is 0.626. The maximum absolute atomic E-state index is 11.8. The Kier molecular flexibility index (Phi) is 5.39. The van der Waals surface area contributed by atoms with E-state index in [-0.39, 0.29) is 11.9 Å². The molecule has 2 N–H and O–H groups in total. The first-order chi connectivity index (χ1) is 10.9. The highest BCUT2D eigenvalue weighted by Gasteiger charge is 2.14. The molecule has 6 nitrogen and oxygen atoms in total. The van der Waals surface area contributed by atoms with Crippen LogP contribution in [0.15, 0.2) is 33.5 Å². The van der Waals surface area contributed by atoms with Gasteiger partial charge in [-0.2, -0.15) is 0 Å². The number of quaternary nitrogens is 1. The molecule has 0 spiro atoms. The number of fused-ring (bicyclic) bond motifs is 1. The van der Waals surface area contributed by atoms with Crippen molar-refractivity contribution in [3.8, 4) is 5.75 Å². The molecule has 6 heteroatoms. The van der Waals surface area contributed by atoms with Crippen molar-refractivity contribution in [1.82, 2.24) is 5.32 Å². The van der Waals surface area contributed by atoms with Crippen LogP contribution in [0.25, 0.3) is 11.0 Å². The molecule has 1 amide bonds. The number of carbonyl (C=O) groups excluding carboxylic acids is 1. The van der Waals surface area contributed by atoms with Crippen molar-refractivity contribution in [2.75, 3.05) is 20.7 Å². The van der Waals surface area contributed by atoms with Gasteiger partial charge in [-0.05, 0) is 26.0 Å². The number of hydrogen-bond acceptors (Lipinski definition) is 4. The van der Waals surface area contributed by atoms with E-state index in [1.54, 1.807) is 13.2 Å². The van der Waals surface area contributed by atoms with Crippen LogP contribution in [0.1, 0.15) is 19.4 Å². The third-order valence-electron chi connectivity index (χ3n) is 3.44. The lowest BCUT2D eigenvalue weighted by molar-refractivity contribution is -0.885. The van der Waals surface area contributed by atoms with Crippen molar-refractivity contribution in [1.29, 1.82) is 0 Å². The Labute approximate surface area is 135 Å². The van der Waals surface area contributed by atoms with Crippen LogP contribution in [-0.2, 0) is 11.3 Å². The van der Waals surface area contributed by atoms with E-state index in [9.17, 15) is 9.59 Å². The first-order valence-electron chi connectivity index (χ1n) is 7.60. The summed E-state index contributed by atoms with van der Waals surface area (Å²) in [5.41, 5.74) is 0.945. The Bertz CT molecular complexity index is 752. The average Bonchev–Trinajstić information content (AvgIpc) is 2.45. The van der Waals surface area contributed by atoms with Gasteiger partial charge < -0.3 is 19.4 Å². The lowest BCUT2D eigenvalue weighted by Crippen LogP contribution is -3.09. The molecule has 0 bridgehead atoms. The van der Waals surface area contributed by atoms with Gasteiger partial charge in [0.1, 0.15) is 17.9 Å². The van der Waals surface area contributed by atoms with Gasteiger partial charge in [-0.1, -0.05) is 0 Å². The zero-order valence-electron chi connectivity index (χ0n) is 13.9. The fourth-order valence-electron chi connectivity index (χ4n) is 2.52. The minimum Gasteiger partial charge on any atom is -0.497 e. The summed E-state index contributed by atoms with van der Waals surface area (Å²) in [6.45, 7) is 4.75. The molecule has 2 aromatic rings. The second-order valence-corrected chi connectivity index (χ2v) is 5.99. The molecular weight excluding hydrogens is 296 g/mol. The molecule has 0 aliphatic rings. The van der Waals surface area contributed by atoms with Crippen molar-refractivity contribution >= 4 is 16.9 Å². The van der Waals surface area contributed by atoms with Gasteiger partial charge >= 0.3 is 5.63 Å². The van der Waals surface area contributed by atoms with E-state index in [1.165, 1.54) is 6.07 Å². The molecule has 0 radical (unpaired) electrons. The number of carbonyl (C=O) groups is 1. The molecule has 23 heavy (non-hydrogen) atoms. The van der Waals surface area contributed by atoms with E-state index in [2.05, 4.69) is 5.32 Å². The third-order valence-corrected chi connectivity index (χ3v) is 3.44. The summed E-state index contributed by atoms with van der Waals surface area (Å²) in [6, 6.07) is 6.99. The van der Waals surface area contributed by atoms with E-state index < -0.39 is 5.63 Å². The van der Waals surface area contributed by atoms with Crippen LogP contribution in [0, 0.1) is 0 Å². The maximum atomic E-state index is 11.8. The molecule has 0 saturated carbocycles. The van der Waals surface area contributed by atoms with Crippen LogP contribution < -0.4 is 20.6 Å². The first kappa shape index (κ1) is 17.0.